The molecule has 1 aromatic rings. The minimum absolute atomic E-state index is 0.200. The third-order valence-electron chi connectivity index (χ3n) is 3.14. The lowest BCUT2D eigenvalue weighted by Crippen LogP contribution is -2.30. The van der Waals surface area contributed by atoms with Crippen LogP contribution in [-0.2, 0) is 6.54 Å². The van der Waals surface area contributed by atoms with Crippen LogP contribution in [-0.4, -0.2) is 31.1 Å². The van der Waals surface area contributed by atoms with E-state index in [0.717, 1.165) is 35.7 Å². The van der Waals surface area contributed by atoms with Gasteiger partial charge in [-0.2, -0.15) is 0 Å². The summed E-state index contributed by atoms with van der Waals surface area (Å²) in [5.41, 5.74) is 1.10. The van der Waals surface area contributed by atoms with Crippen molar-refractivity contribution in [3.8, 4) is 0 Å². The first-order valence-corrected chi connectivity index (χ1v) is 6.81. The molecule has 17 heavy (non-hydrogen) atoms. The minimum atomic E-state index is -0.200. The number of halogens is 2. The zero-order valence-electron chi connectivity index (χ0n) is 10.0. The second kappa shape index (κ2) is 5.94. The molecule has 1 aromatic carbocycles. The first-order valence-electron chi connectivity index (χ1n) is 6.01. The number of nitrogens with one attached hydrogen (secondary N) is 1. The molecule has 0 unspecified atom stereocenters. The van der Waals surface area contributed by atoms with Gasteiger partial charge in [-0.3, -0.25) is 0 Å². The highest BCUT2D eigenvalue weighted by Crippen LogP contribution is 2.24. The number of likely N-dealkylation sites (N-methyl/N-ethyl adjacent to an activating group) is 1. The molecule has 1 saturated carbocycles. The number of benzene rings is 1. The molecule has 0 saturated heterocycles. The van der Waals surface area contributed by atoms with Gasteiger partial charge in [0.05, 0.1) is 0 Å². The molecule has 0 aliphatic heterocycles. The standard InChI is InChI=1S/C13H18BrFN2/c1-17(12-4-5-12)7-6-16-9-10-2-3-11(15)8-13(10)14/h2-3,8,12,16H,4-7,9H2,1H3. The third kappa shape index (κ3) is 4.05. The van der Waals surface area contributed by atoms with Gasteiger partial charge in [0.2, 0.25) is 0 Å². The number of rotatable bonds is 6. The van der Waals surface area contributed by atoms with Gasteiger partial charge >= 0.3 is 0 Å². The first kappa shape index (κ1) is 13.0. The van der Waals surface area contributed by atoms with Gasteiger partial charge in [-0.25, -0.2) is 4.39 Å². The van der Waals surface area contributed by atoms with Gasteiger partial charge in [-0.1, -0.05) is 22.0 Å². The maximum Gasteiger partial charge on any atom is 0.124 e. The van der Waals surface area contributed by atoms with Gasteiger partial charge in [0, 0.05) is 30.1 Å². The summed E-state index contributed by atoms with van der Waals surface area (Å²) in [7, 11) is 2.17. The Morgan fingerprint density at radius 2 is 2.24 bits per heavy atom. The van der Waals surface area contributed by atoms with Crippen molar-refractivity contribution in [3.63, 3.8) is 0 Å². The van der Waals surface area contributed by atoms with E-state index in [4.69, 9.17) is 0 Å². The molecule has 0 bridgehead atoms. The van der Waals surface area contributed by atoms with Crippen LogP contribution in [0.1, 0.15) is 18.4 Å². The van der Waals surface area contributed by atoms with Crippen LogP contribution >= 0.6 is 15.9 Å². The van der Waals surface area contributed by atoms with Crippen molar-refractivity contribution in [2.24, 2.45) is 0 Å². The van der Waals surface area contributed by atoms with E-state index >= 15 is 0 Å². The summed E-state index contributed by atoms with van der Waals surface area (Å²) < 4.78 is 13.7. The second-order valence-corrected chi connectivity index (χ2v) is 5.48. The molecular formula is C13H18BrFN2. The average Bonchev–Trinajstić information content (AvgIpc) is 3.10. The van der Waals surface area contributed by atoms with Crippen LogP contribution in [0.15, 0.2) is 22.7 Å². The fourth-order valence-corrected chi connectivity index (χ4v) is 2.33. The van der Waals surface area contributed by atoms with E-state index < -0.39 is 0 Å². The molecule has 94 valence electrons. The summed E-state index contributed by atoms with van der Waals surface area (Å²) in [6.45, 7) is 2.82. The molecule has 2 nitrogen and oxygen atoms in total. The minimum Gasteiger partial charge on any atom is -0.311 e. The van der Waals surface area contributed by atoms with Crippen molar-refractivity contribution >= 4 is 15.9 Å². The van der Waals surface area contributed by atoms with Gasteiger partial charge in [0.15, 0.2) is 0 Å². The summed E-state index contributed by atoms with van der Waals surface area (Å²) in [4.78, 5) is 2.40. The zero-order valence-corrected chi connectivity index (χ0v) is 11.6. The summed E-state index contributed by atoms with van der Waals surface area (Å²) >= 11 is 3.37. The van der Waals surface area contributed by atoms with Crippen molar-refractivity contribution in [3.05, 3.63) is 34.1 Å². The SMILES string of the molecule is CN(CCNCc1ccc(F)cc1Br)C1CC1. The van der Waals surface area contributed by atoms with Crippen molar-refractivity contribution in [2.75, 3.05) is 20.1 Å². The molecule has 0 aromatic heterocycles. The van der Waals surface area contributed by atoms with E-state index in [9.17, 15) is 4.39 Å². The number of nitrogens with zero attached hydrogens (tertiary/aromatic N) is 1. The summed E-state index contributed by atoms with van der Waals surface area (Å²) in [5.74, 6) is -0.200. The normalized spacial score (nSPS) is 15.5. The van der Waals surface area contributed by atoms with E-state index in [0.29, 0.717) is 0 Å². The third-order valence-corrected chi connectivity index (χ3v) is 3.88. The molecule has 0 radical (unpaired) electrons. The Labute approximate surface area is 110 Å². The Balaban J connectivity index is 1.70. The number of hydrogen-bond acceptors (Lipinski definition) is 2. The average molecular weight is 301 g/mol. The lowest BCUT2D eigenvalue weighted by molar-refractivity contribution is 0.321. The van der Waals surface area contributed by atoms with Gasteiger partial charge in [-0.05, 0) is 37.6 Å². The molecular weight excluding hydrogens is 283 g/mol. The predicted octanol–water partition coefficient (Wildman–Crippen LogP) is 2.77. The van der Waals surface area contributed by atoms with Crippen LogP contribution in [0.3, 0.4) is 0 Å². The largest absolute Gasteiger partial charge is 0.311 e. The van der Waals surface area contributed by atoms with Crippen molar-refractivity contribution in [2.45, 2.75) is 25.4 Å². The molecule has 0 atom stereocenters. The molecule has 1 aliphatic rings. The van der Waals surface area contributed by atoms with Crippen LogP contribution in [0.5, 0.6) is 0 Å². The van der Waals surface area contributed by atoms with E-state index in [-0.39, 0.29) is 5.82 Å². The summed E-state index contributed by atoms with van der Waals surface area (Å²) in [5, 5.41) is 3.38. The van der Waals surface area contributed by atoms with Crippen LogP contribution in [0.25, 0.3) is 0 Å². The lowest BCUT2D eigenvalue weighted by atomic mass is 10.2. The summed E-state index contributed by atoms with van der Waals surface area (Å²) in [6, 6.07) is 5.64. The van der Waals surface area contributed by atoms with Crippen LogP contribution in [0.2, 0.25) is 0 Å². The molecule has 1 aliphatic carbocycles. The van der Waals surface area contributed by atoms with E-state index in [1.165, 1.54) is 25.0 Å². The second-order valence-electron chi connectivity index (χ2n) is 4.62. The highest BCUT2D eigenvalue weighted by Gasteiger charge is 2.25. The molecule has 4 heteroatoms. The Morgan fingerprint density at radius 3 is 2.88 bits per heavy atom. The Bertz CT molecular complexity index is 380. The monoisotopic (exact) mass is 300 g/mol. The molecule has 0 heterocycles. The first-order chi connectivity index (χ1) is 8.16. The Morgan fingerprint density at radius 1 is 1.47 bits per heavy atom. The van der Waals surface area contributed by atoms with Crippen molar-refractivity contribution in [1.82, 2.24) is 10.2 Å². The predicted molar refractivity (Wildman–Crippen MR) is 71.5 cm³/mol. The van der Waals surface area contributed by atoms with E-state index in [1.54, 1.807) is 0 Å². The van der Waals surface area contributed by atoms with Gasteiger partial charge in [-0.15, -0.1) is 0 Å². The van der Waals surface area contributed by atoms with Gasteiger partial charge < -0.3 is 10.2 Å². The van der Waals surface area contributed by atoms with Crippen molar-refractivity contribution < 1.29 is 4.39 Å². The quantitative estimate of drug-likeness (QED) is 0.813. The topological polar surface area (TPSA) is 15.3 Å². The molecule has 1 fully saturated rings. The van der Waals surface area contributed by atoms with Gasteiger partial charge in [0.25, 0.3) is 0 Å². The number of hydrogen-bond donors (Lipinski definition) is 1. The fraction of sp³-hybridized carbons (Fsp3) is 0.538. The Kier molecular flexibility index (Phi) is 4.54. The van der Waals surface area contributed by atoms with E-state index in [2.05, 4.69) is 33.2 Å². The van der Waals surface area contributed by atoms with Crippen LogP contribution < -0.4 is 5.32 Å². The smallest absolute Gasteiger partial charge is 0.124 e. The summed E-state index contributed by atoms with van der Waals surface area (Å²) in [6.07, 6.45) is 2.69. The fourth-order valence-electron chi connectivity index (χ4n) is 1.84. The molecule has 1 N–H and O–H groups in total. The van der Waals surface area contributed by atoms with Crippen LogP contribution in [0.4, 0.5) is 4.39 Å². The van der Waals surface area contributed by atoms with Crippen molar-refractivity contribution in [1.29, 1.82) is 0 Å². The molecule has 2 rings (SSSR count). The molecule has 0 amide bonds. The Hall–Kier alpha value is -0.450. The highest BCUT2D eigenvalue weighted by atomic mass is 79.9. The maximum atomic E-state index is 12.9. The van der Waals surface area contributed by atoms with Gasteiger partial charge in [0.1, 0.15) is 5.82 Å². The van der Waals surface area contributed by atoms with E-state index in [1.807, 2.05) is 6.07 Å². The lowest BCUT2D eigenvalue weighted by Gasteiger charge is -2.16. The zero-order chi connectivity index (χ0) is 12.3. The highest BCUT2D eigenvalue weighted by molar-refractivity contribution is 9.10. The molecule has 0 spiro atoms. The van der Waals surface area contributed by atoms with Crippen LogP contribution in [0, 0.1) is 5.82 Å². The maximum absolute atomic E-state index is 12.9.